The highest BCUT2D eigenvalue weighted by Gasteiger charge is 2.29. The summed E-state index contributed by atoms with van der Waals surface area (Å²) in [5.41, 5.74) is -0.151. The summed E-state index contributed by atoms with van der Waals surface area (Å²) >= 11 is -1.40. The minimum Gasteiger partial charge on any atom is -0.598 e. The quantitative estimate of drug-likeness (QED) is 0.855. The molecule has 2 atom stereocenters. The molecule has 19 heavy (non-hydrogen) atoms. The highest BCUT2D eigenvalue weighted by Crippen LogP contribution is 2.26. The summed E-state index contributed by atoms with van der Waals surface area (Å²) in [5.74, 6) is -0.588. The minimum absolute atomic E-state index is 0.0930. The molecule has 0 saturated heterocycles. The Kier molecular flexibility index (Phi) is 5.29. The van der Waals surface area contributed by atoms with Gasteiger partial charge in [-0.2, -0.15) is 0 Å². The minimum atomic E-state index is -2.65. The maximum Gasteiger partial charge on any atom is 0.263 e. The maximum atomic E-state index is 13.6. The van der Waals surface area contributed by atoms with E-state index in [9.17, 15) is 17.7 Å². The smallest absolute Gasteiger partial charge is 0.263 e. The predicted octanol–water partition coefficient (Wildman–Crippen LogP) is 3.88. The van der Waals surface area contributed by atoms with Crippen LogP contribution in [0.25, 0.3) is 0 Å². The largest absolute Gasteiger partial charge is 0.598 e. The van der Waals surface area contributed by atoms with Gasteiger partial charge in [0.2, 0.25) is 0 Å². The molecule has 1 N–H and O–H groups in total. The van der Waals surface area contributed by atoms with Crippen molar-refractivity contribution >= 4 is 11.4 Å². The third kappa shape index (κ3) is 4.40. The van der Waals surface area contributed by atoms with E-state index in [0.29, 0.717) is 0 Å². The van der Waals surface area contributed by atoms with Crippen molar-refractivity contribution in [3.63, 3.8) is 0 Å². The van der Waals surface area contributed by atoms with Crippen LogP contribution in [0, 0.1) is 5.82 Å². The number of hydrogen-bond donors (Lipinski definition) is 1. The van der Waals surface area contributed by atoms with Gasteiger partial charge in [0.25, 0.3) is 6.43 Å². The highest BCUT2D eigenvalue weighted by molar-refractivity contribution is 7.90. The Balaban J connectivity index is 2.93. The molecule has 0 amide bonds. The van der Waals surface area contributed by atoms with Crippen LogP contribution >= 0.6 is 0 Å². The van der Waals surface area contributed by atoms with Crippen LogP contribution in [0.3, 0.4) is 0 Å². The summed E-state index contributed by atoms with van der Waals surface area (Å²) < 4.78 is 53.0. The van der Waals surface area contributed by atoms with Gasteiger partial charge in [0, 0.05) is 22.5 Å². The van der Waals surface area contributed by atoms with E-state index >= 15 is 0 Å². The molecule has 6 heteroatoms. The van der Waals surface area contributed by atoms with Crippen LogP contribution in [0.2, 0.25) is 0 Å². The van der Waals surface area contributed by atoms with Crippen molar-refractivity contribution < 1.29 is 17.7 Å². The Labute approximate surface area is 114 Å². The zero-order valence-corrected chi connectivity index (χ0v) is 12.2. The fraction of sp³-hybridized carbons (Fsp3) is 0.538. The Morgan fingerprint density at radius 2 is 1.84 bits per heavy atom. The zero-order chi connectivity index (χ0) is 14.8. The Morgan fingerprint density at radius 3 is 2.32 bits per heavy atom. The van der Waals surface area contributed by atoms with Crippen LogP contribution in [0.4, 0.5) is 13.2 Å². The van der Waals surface area contributed by atoms with Crippen molar-refractivity contribution in [2.24, 2.45) is 0 Å². The van der Waals surface area contributed by atoms with E-state index in [4.69, 9.17) is 0 Å². The average molecular weight is 293 g/mol. The standard InChI is InChI=1S/C13H18F3NOS/c1-8(17-19(18)13(2,3)4)10-7-9(12(15)16)5-6-11(10)14/h5-8,12,17H,1-4H3/t8-,19+/m0/s1. The second-order valence-electron chi connectivity index (χ2n) is 5.30. The number of nitrogens with one attached hydrogen (secondary N) is 1. The highest BCUT2D eigenvalue weighted by atomic mass is 32.2. The topological polar surface area (TPSA) is 35.1 Å². The summed E-state index contributed by atoms with van der Waals surface area (Å²) in [6.45, 7) is 6.91. The third-order valence-corrected chi connectivity index (χ3v) is 4.26. The molecule has 1 rings (SSSR count). The van der Waals surface area contributed by atoms with E-state index in [0.717, 1.165) is 18.2 Å². The van der Waals surface area contributed by atoms with Crippen LogP contribution in [-0.2, 0) is 11.4 Å². The third-order valence-electron chi connectivity index (χ3n) is 2.58. The van der Waals surface area contributed by atoms with E-state index in [1.54, 1.807) is 27.7 Å². The number of rotatable bonds is 4. The molecule has 0 aliphatic heterocycles. The summed E-state index contributed by atoms with van der Waals surface area (Å²) in [6.07, 6.45) is -2.65. The Hall–Kier alpha value is -0.720. The first-order chi connectivity index (χ1) is 8.62. The van der Waals surface area contributed by atoms with Gasteiger partial charge in [-0.15, -0.1) is 4.72 Å². The predicted molar refractivity (Wildman–Crippen MR) is 70.8 cm³/mol. The van der Waals surface area contributed by atoms with E-state index in [-0.39, 0.29) is 11.1 Å². The summed E-state index contributed by atoms with van der Waals surface area (Å²) in [5, 5.41) is 0. The molecule has 108 valence electrons. The molecule has 2 nitrogen and oxygen atoms in total. The first-order valence-corrected chi connectivity index (χ1v) is 7.03. The number of benzene rings is 1. The van der Waals surface area contributed by atoms with Gasteiger partial charge in [-0.3, -0.25) is 0 Å². The molecule has 0 aliphatic carbocycles. The SMILES string of the molecule is C[C@H](N[S@+]([O-])C(C)(C)C)c1cc(C(F)F)ccc1F. The van der Waals surface area contributed by atoms with E-state index in [1.807, 2.05) is 0 Å². The van der Waals surface area contributed by atoms with Crippen molar-refractivity contribution in [1.29, 1.82) is 0 Å². The van der Waals surface area contributed by atoms with Gasteiger partial charge < -0.3 is 4.55 Å². The lowest BCUT2D eigenvalue weighted by Crippen LogP contribution is -2.40. The maximum absolute atomic E-state index is 13.6. The molecular formula is C13H18F3NOS. The molecule has 1 aromatic rings. The van der Waals surface area contributed by atoms with Crippen molar-refractivity contribution in [2.75, 3.05) is 0 Å². The van der Waals surface area contributed by atoms with E-state index < -0.39 is 34.4 Å². The van der Waals surface area contributed by atoms with Crippen LogP contribution < -0.4 is 4.72 Å². The molecule has 0 heterocycles. The molecule has 0 spiro atoms. The van der Waals surface area contributed by atoms with Crippen molar-refractivity contribution in [3.8, 4) is 0 Å². The monoisotopic (exact) mass is 293 g/mol. The Morgan fingerprint density at radius 1 is 1.26 bits per heavy atom. The lowest BCUT2D eigenvalue weighted by atomic mass is 10.1. The van der Waals surface area contributed by atoms with E-state index in [2.05, 4.69) is 4.72 Å². The molecule has 0 radical (unpaired) electrons. The van der Waals surface area contributed by atoms with Crippen molar-refractivity contribution in [1.82, 2.24) is 4.72 Å². The lowest BCUT2D eigenvalue weighted by Gasteiger charge is -2.26. The molecular weight excluding hydrogens is 275 g/mol. The number of halogens is 3. The number of hydrogen-bond acceptors (Lipinski definition) is 2. The summed E-state index contributed by atoms with van der Waals surface area (Å²) in [4.78, 5) is 0. The molecule has 0 fully saturated rings. The molecule has 1 aromatic carbocycles. The van der Waals surface area contributed by atoms with Crippen LogP contribution in [0.5, 0.6) is 0 Å². The van der Waals surface area contributed by atoms with Gasteiger partial charge in [0.1, 0.15) is 10.6 Å². The van der Waals surface area contributed by atoms with Crippen molar-refractivity contribution in [2.45, 2.75) is 44.9 Å². The second kappa shape index (κ2) is 6.15. The van der Waals surface area contributed by atoms with Gasteiger partial charge in [-0.25, -0.2) is 13.2 Å². The van der Waals surface area contributed by atoms with Crippen LogP contribution in [0.1, 0.15) is 51.3 Å². The first kappa shape index (κ1) is 16.3. The molecule has 0 saturated carbocycles. The van der Waals surface area contributed by atoms with Gasteiger partial charge >= 0.3 is 0 Å². The summed E-state index contributed by atoms with van der Waals surface area (Å²) in [7, 11) is 0. The lowest BCUT2D eigenvalue weighted by molar-refractivity contribution is 0.151. The molecule has 0 bridgehead atoms. The van der Waals surface area contributed by atoms with Crippen LogP contribution in [-0.4, -0.2) is 9.30 Å². The van der Waals surface area contributed by atoms with Gasteiger partial charge in [0.05, 0.1) is 6.04 Å². The Bertz CT molecular complexity index is 434. The zero-order valence-electron chi connectivity index (χ0n) is 11.3. The van der Waals surface area contributed by atoms with Crippen LogP contribution in [0.15, 0.2) is 18.2 Å². The first-order valence-electron chi connectivity index (χ1n) is 5.88. The normalized spacial score (nSPS) is 15.6. The van der Waals surface area contributed by atoms with Gasteiger partial charge in [-0.1, -0.05) is 6.07 Å². The average Bonchev–Trinajstić information content (AvgIpc) is 2.27. The number of alkyl halides is 2. The van der Waals surface area contributed by atoms with Crippen molar-refractivity contribution in [3.05, 3.63) is 35.1 Å². The second-order valence-corrected chi connectivity index (χ2v) is 7.30. The molecule has 0 aliphatic rings. The van der Waals surface area contributed by atoms with E-state index in [1.165, 1.54) is 0 Å². The summed E-state index contributed by atoms with van der Waals surface area (Å²) in [6, 6.07) is 2.56. The fourth-order valence-corrected chi connectivity index (χ4v) is 2.23. The molecule has 0 aromatic heterocycles. The van der Waals surface area contributed by atoms with Gasteiger partial charge in [0.15, 0.2) is 0 Å². The fourth-order valence-electron chi connectivity index (χ4n) is 1.43. The van der Waals surface area contributed by atoms with Gasteiger partial charge in [-0.05, 0) is 39.8 Å². The molecule has 0 unspecified atom stereocenters.